The van der Waals surface area contributed by atoms with Crippen LogP contribution in [-0.4, -0.2) is 24.4 Å². The van der Waals surface area contributed by atoms with Crippen LogP contribution in [0.15, 0.2) is 36.9 Å². The average Bonchev–Trinajstić information content (AvgIpc) is 2.90. The van der Waals surface area contributed by atoms with Crippen molar-refractivity contribution in [1.82, 2.24) is 5.32 Å². The van der Waals surface area contributed by atoms with Crippen molar-refractivity contribution in [3.63, 3.8) is 0 Å². The third-order valence-electron chi connectivity index (χ3n) is 4.00. The van der Waals surface area contributed by atoms with Crippen molar-refractivity contribution >= 4 is 29.9 Å². The summed E-state index contributed by atoms with van der Waals surface area (Å²) in [5.41, 5.74) is 7.23. The second-order valence-corrected chi connectivity index (χ2v) is 5.68. The molecule has 0 spiro atoms. The van der Waals surface area contributed by atoms with E-state index in [-0.39, 0.29) is 36.2 Å². The predicted molar refractivity (Wildman–Crippen MR) is 94.8 cm³/mol. The zero-order valence-corrected chi connectivity index (χ0v) is 13.9. The average molecular weight is 338 g/mol. The minimum absolute atomic E-state index is 0. The normalized spacial score (nSPS) is 19.5. The van der Waals surface area contributed by atoms with E-state index >= 15 is 0 Å². The van der Waals surface area contributed by atoms with Crippen molar-refractivity contribution in [2.75, 3.05) is 11.9 Å². The number of nitrogens with two attached hydrogens (primary N) is 1. The molecule has 2 amide bonds. The quantitative estimate of drug-likeness (QED) is 0.697. The molecule has 2 rings (SSSR count). The SMILES string of the molecule is C=CCNC(=O)c1ccc(NC(=O)C[C@@H]2CCC[C@H]2N)cc1.Cl. The fourth-order valence-electron chi connectivity index (χ4n) is 2.74. The summed E-state index contributed by atoms with van der Waals surface area (Å²) in [5, 5.41) is 5.56. The zero-order chi connectivity index (χ0) is 15.9. The van der Waals surface area contributed by atoms with Gasteiger partial charge in [-0.25, -0.2) is 0 Å². The summed E-state index contributed by atoms with van der Waals surface area (Å²) in [5.74, 6) is 0.102. The van der Waals surface area contributed by atoms with Gasteiger partial charge in [0.1, 0.15) is 0 Å². The molecule has 0 bridgehead atoms. The summed E-state index contributed by atoms with van der Waals surface area (Å²) in [7, 11) is 0. The molecule has 1 fully saturated rings. The Morgan fingerprint density at radius 1 is 1.26 bits per heavy atom. The number of amides is 2. The van der Waals surface area contributed by atoms with E-state index in [4.69, 9.17) is 5.73 Å². The Balaban J connectivity index is 0.00000264. The fourth-order valence-corrected chi connectivity index (χ4v) is 2.74. The van der Waals surface area contributed by atoms with Crippen LogP contribution in [0.25, 0.3) is 0 Å². The van der Waals surface area contributed by atoms with Gasteiger partial charge in [-0.3, -0.25) is 9.59 Å². The number of anilines is 1. The first-order valence-corrected chi connectivity index (χ1v) is 7.64. The van der Waals surface area contributed by atoms with E-state index in [0.29, 0.717) is 24.2 Å². The van der Waals surface area contributed by atoms with Gasteiger partial charge in [-0.2, -0.15) is 0 Å². The second-order valence-electron chi connectivity index (χ2n) is 5.68. The maximum Gasteiger partial charge on any atom is 0.251 e. The lowest BCUT2D eigenvalue weighted by Gasteiger charge is -2.14. The minimum Gasteiger partial charge on any atom is -0.349 e. The first-order valence-electron chi connectivity index (χ1n) is 7.64. The van der Waals surface area contributed by atoms with Gasteiger partial charge in [0.25, 0.3) is 5.91 Å². The molecule has 5 nitrogen and oxygen atoms in total. The summed E-state index contributed by atoms with van der Waals surface area (Å²) in [6, 6.07) is 6.98. The fraction of sp³-hybridized carbons (Fsp3) is 0.412. The highest BCUT2D eigenvalue weighted by Gasteiger charge is 2.25. The highest BCUT2D eigenvalue weighted by Crippen LogP contribution is 2.27. The number of rotatable bonds is 6. The van der Waals surface area contributed by atoms with E-state index in [2.05, 4.69) is 17.2 Å². The van der Waals surface area contributed by atoms with Gasteiger partial charge in [-0.1, -0.05) is 12.5 Å². The van der Waals surface area contributed by atoms with Crippen molar-refractivity contribution in [2.24, 2.45) is 11.7 Å². The molecule has 1 saturated carbocycles. The van der Waals surface area contributed by atoms with Crippen molar-refractivity contribution in [2.45, 2.75) is 31.7 Å². The number of hydrogen-bond donors (Lipinski definition) is 3. The Hall–Kier alpha value is -1.85. The van der Waals surface area contributed by atoms with E-state index < -0.39 is 0 Å². The summed E-state index contributed by atoms with van der Waals surface area (Å²) < 4.78 is 0. The van der Waals surface area contributed by atoms with Gasteiger partial charge < -0.3 is 16.4 Å². The molecule has 0 unspecified atom stereocenters. The van der Waals surface area contributed by atoms with Crippen LogP contribution in [0.1, 0.15) is 36.0 Å². The third kappa shape index (κ3) is 5.69. The van der Waals surface area contributed by atoms with Crippen LogP contribution in [0, 0.1) is 5.92 Å². The molecule has 1 aliphatic rings. The van der Waals surface area contributed by atoms with E-state index in [1.54, 1.807) is 30.3 Å². The second kappa shape index (κ2) is 9.33. The number of carbonyl (C=O) groups is 2. The van der Waals surface area contributed by atoms with Gasteiger partial charge in [-0.05, 0) is 43.0 Å². The number of nitrogens with one attached hydrogen (secondary N) is 2. The molecule has 0 saturated heterocycles. The molecular formula is C17H24ClN3O2. The monoisotopic (exact) mass is 337 g/mol. The smallest absolute Gasteiger partial charge is 0.251 e. The maximum atomic E-state index is 12.0. The number of halogens is 1. The molecule has 0 aromatic heterocycles. The molecule has 126 valence electrons. The molecule has 1 aromatic carbocycles. The number of hydrogen-bond acceptors (Lipinski definition) is 3. The lowest BCUT2D eigenvalue weighted by Crippen LogP contribution is -2.28. The van der Waals surface area contributed by atoms with Gasteiger partial charge in [0, 0.05) is 30.3 Å². The van der Waals surface area contributed by atoms with Crippen molar-refractivity contribution in [3.05, 3.63) is 42.5 Å². The Labute approximate surface area is 143 Å². The van der Waals surface area contributed by atoms with Crippen LogP contribution in [-0.2, 0) is 4.79 Å². The number of carbonyl (C=O) groups excluding carboxylic acids is 2. The van der Waals surface area contributed by atoms with Gasteiger partial charge in [0.2, 0.25) is 5.91 Å². The van der Waals surface area contributed by atoms with Crippen LogP contribution in [0.4, 0.5) is 5.69 Å². The molecule has 0 heterocycles. The summed E-state index contributed by atoms with van der Waals surface area (Å²) in [6.07, 6.45) is 5.22. The van der Waals surface area contributed by atoms with Crippen LogP contribution >= 0.6 is 12.4 Å². The number of benzene rings is 1. The van der Waals surface area contributed by atoms with Crippen molar-refractivity contribution in [3.8, 4) is 0 Å². The van der Waals surface area contributed by atoms with Gasteiger partial charge >= 0.3 is 0 Å². The molecule has 6 heteroatoms. The van der Waals surface area contributed by atoms with Gasteiger partial charge in [0.15, 0.2) is 0 Å². The summed E-state index contributed by atoms with van der Waals surface area (Å²) in [6.45, 7) is 3.98. The Bertz CT molecular complexity index is 545. The van der Waals surface area contributed by atoms with E-state index in [9.17, 15) is 9.59 Å². The van der Waals surface area contributed by atoms with Crippen molar-refractivity contribution in [1.29, 1.82) is 0 Å². The Morgan fingerprint density at radius 2 is 1.96 bits per heavy atom. The highest BCUT2D eigenvalue weighted by molar-refractivity contribution is 5.95. The molecule has 23 heavy (non-hydrogen) atoms. The topological polar surface area (TPSA) is 84.2 Å². The molecule has 2 atom stereocenters. The minimum atomic E-state index is -0.158. The first kappa shape index (κ1) is 19.2. The predicted octanol–water partition coefficient (Wildman–Crippen LogP) is 2.48. The van der Waals surface area contributed by atoms with Crippen LogP contribution in [0.5, 0.6) is 0 Å². The lowest BCUT2D eigenvalue weighted by molar-refractivity contribution is -0.117. The van der Waals surface area contributed by atoms with E-state index in [1.165, 1.54) is 0 Å². The standard InChI is InChI=1S/C17H23N3O2.ClH/c1-2-10-19-17(22)12-6-8-14(9-7-12)20-16(21)11-13-4-3-5-15(13)18;/h2,6-9,13,15H,1,3-5,10-11,18H2,(H,19,22)(H,20,21);1H/t13-,15+;/m0./s1. The van der Waals surface area contributed by atoms with Crippen LogP contribution < -0.4 is 16.4 Å². The summed E-state index contributed by atoms with van der Waals surface area (Å²) >= 11 is 0. The van der Waals surface area contributed by atoms with Crippen LogP contribution in [0.3, 0.4) is 0 Å². The molecule has 1 aliphatic carbocycles. The lowest BCUT2D eigenvalue weighted by atomic mass is 10.00. The Kier molecular flexibility index (Phi) is 7.78. The zero-order valence-electron chi connectivity index (χ0n) is 13.1. The maximum absolute atomic E-state index is 12.0. The first-order chi connectivity index (χ1) is 10.6. The van der Waals surface area contributed by atoms with Gasteiger partial charge in [-0.15, -0.1) is 19.0 Å². The molecular weight excluding hydrogens is 314 g/mol. The van der Waals surface area contributed by atoms with E-state index in [0.717, 1.165) is 19.3 Å². The molecule has 4 N–H and O–H groups in total. The highest BCUT2D eigenvalue weighted by atomic mass is 35.5. The molecule has 1 aromatic rings. The Morgan fingerprint density at radius 3 is 2.52 bits per heavy atom. The largest absolute Gasteiger partial charge is 0.349 e. The summed E-state index contributed by atoms with van der Waals surface area (Å²) in [4.78, 5) is 23.8. The van der Waals surface area contributed by atoms with E-state index in [1.807, 2.05) is 0 Å². The van der Waals surface area contributed by atoms with Gasteiger partial charge in [0.05, 0.1) is 0 Å². The third-order valence-corrected chi connectivity index (χ3v) is 4.00. The van der Waals surface area contributed by atoms with Crippen LogP contribution in [0.2, 0.25) is 0 Å². The molecule has 0 aliphatic heterocycles. The van der Waals surface area contributed by atoms with Crippen molar-refractivity contribution < 1.29 is 9.59 Å². The molecule has 0 radical (unpaired) electrons.